The maximum atomic E-state index is 12.8. The predicted octanol–water partition coefficient (Wildman–Crippen LogP) is 5.60. The number of carbonyl (C=O) groups excluding carboxylic acids is 1. The van der Waals surface area contributed by atoms with Gasteiger partial charge in [-0.05, 0) is 42.1 Å². The van der Waals surface area contributed by atoms with E-state index in [-0.39, 0.29) is 5.91 Å². The molecule has 1 amide bonds. The first-order valence-electron chi connectivity index (χ1n) is 9.12. The Morgan fingerprint density at radius 3 is 2.71 bits per heavy atom. The molecule has 142 valence electrons. The lowest BCUT2D eigenvalue weighted by molar-refractivity contribution is -0.122. The summed E-state index contributed by atoms with van der Waals surface area (Å²) in [4.78, 5) is 16.3. The predicted molar refractivity (Wildman–Crippen MR) is 122 cm³/mol. The molecule has 0 spiro atoms. The number of thiocarbonyl (C=S) groups is 1. The third-order valence-corrected chi connectivity index (χ3v) is 6.67. The molecule has 0 unspecified atom stereocenters. The van der Waals surface area contributed by atoms with Gasteiger partial charge in [0, 0.05) is 6.54 Å². The highest BCUT2D eigenvalue weighted by atomic mass is 32.2. The topological polar surface area (TPSA) is 38.1 Å². The van der Waals surface area contributed by atoms with Crippen LogP contribution in [-0.2, 0) is 4.79 Å². The van der Waals surface area contributed by atoms with Crippen molar-refractivity contribution in [3.05, 3.63) is 64.5 Å². The number of thiophene rings is 1. The van der Waals surface area contributed by atoms with E-state index in [4.69, 9.17) is 17.3 Å². The summed E-state index contributed by atoms with van der Waals surface area (Å²) in [6, 6.07) is 16.1. The van der Waals surface area contributed by atoms with Crippen molar-refractivity contribution in [1.82, 2.24) is 14.7 Å². The van der Waals surface area contributed by atoms with E-state index in [1.165, 1.54) is 11.8 Å². The van der Waals surface area contributed by atoms with E-state index in [1.54, 1.807) is 16.2 Å². The average Bonchev–Trinajstić information content (AvgIpc) is 3.43. The Hall–Kier alpha value is -2.22. The van der Waals surface area contributed by atoms with Gasteiger partial charge in [-0.25, -0.2) is 4.68 Å². The highest BCUT2D eigenvalue weighted by Gasteiger charge is 2.31. The number of hydrogen-bond donors (Lipinski definition) is 0. The van der Waals surface area contributed by atoms with Gasteiger partial charge in [-0.1, -0.05) is 61.6 Å². The third kappa shape index (κ3) is 3.83. The van der Waals surface area contributed by atoms with Crippen LogP contribution in [-0.4, -0.2) is 31.5 Å². The van der Waals surface area contributed by atoms with Gasteiger partial charge in [-0.2, -0.15) is 5.10 Å². The maximum Gasteiger partial charge on any atom is 0.266 e. The molecule has 3 heterocycles. The lowest BCUT2D eigenvalue weighted by Crippen LogP contribution is -2.28. The fraction of sp³-hybridized carbons (Fsp3) is 0.190. The highest BCUT2D eigenvalue weighted by molar-refractivity contribution is 8.26. The van der Waals surface area contributed by atoms with E-state index >= 15 is 0 Å². The number of rotatable bonds is 6. The Bertz CT molecular complexity index is 1020. The first-order valence-corrected chi connectivity index (χ1v) is 11.2. The molecule has 1 aromatic carbocycles. The van der Waals surface area contributed by atoms with E-state index in [0.29, 0.717) is 15.8 Å². The minimum Gasteiger partial charge on any atom is -0.293 e. The Kier molecular flexibility index (Phi) is 5.75. The lowest BCUT2D eigenvalue weighted by Gasteiger charge is -2.13. The van der Waals surface area contributed by atoms with Gasteiger partial charge in [0.1, 0.15) is 10.0 Å². The van der Waals surface area contributed by atoms with Crippen LogP contribution >= 0.6 is 35.3 Å². The first-order chi connectivity index (χ1) is 13.7. The summed E-state index contributed by atoms with van der Waals surface area (Å²) in [7, 11) is 0. The number of aromatic nitrogens is 2. The minimum atomic E-state index is -0.0121. The van der Waals surface area contributed by atoms with Gasteiger partial charge in [0.05, 0.1) is 21.2 Å². The standard InChI is InChI=1S/C21H19N3OS3/c1-2-3-11-23-20(25)19(28-21(23)26)14-16-13-17(18-10-7-12-27-18)22-24(16)15-8-5-4-6-9-15/h4-10,12-14H,2-3,11H2,1H3/b19-14+. The molecule has 4 nitrogen and oxygen atoms in total. The Labute approximate surface area is 177 Å². The smallest absolute Gasteiger partial charge is 0.266 e. The molecule has 4 rings (SSSR count). The van der Waals surface area contributed by atoms with Crippen molar-refractivity contribution < 1.29 is 4.79 Å². The monoisotopic (exact) mass is 425 g/mol. The number of amides is 1. The van der Waals surface area contributed by atoms with Crippen molar-refractivity contribution >= 4 is 51.6 Å². The molecule has 7 heteroatoms. The molecule has 1 fully saturated rings. The van der Waals surface area contributed by atoms with Crippen molar-refractivity contribution in [2.45, 2.75) is 19.8 Å². The van der Waals surface area contributed by atoms with Gasteiger partial charge < -0.3 is 0 Å². The van der Waals surface area contributed by atoms with Crippen molar-refractivity contribution in [1.29, 1.82) is 0 Å². The summed E-state index contributed by atoms with van der Waals surface area (Å²) in [6.45, 7) is 2.79. The van der Waals surface area contributed by atoms with Gasteiger partial charge in [-0.15, -0.1) is 11.3 Å². The number of carbonyl (C=O) groups is 1. The van der Waals surface area contributed by atoms with Crippen LogP contribution in [0.4, 0.5) is 0 Å². The molecular formula is C21H19N3OS3. The Morgan fingerprint density at radius 1 is 1.18 bits per heavy atom. The number of unbranched alkanes of at least 4 members (excludes halogenated alkanes) is 1. The van der Waals surface area contributed by atoms with E-state index in [2.05, 4.69) is 13.0 Å². The molecule has 28 heavy (non-hydrogen) atoms. The van der Waals surface area contributed by atoms with Gasteiger partial charge in [0.25, 0.3) is 5.91 Å². The summed E-state index contributed by atoms with van der Waals surface area (Å²) in [5, 5.41) is 6.83. The SMILES string of the molecule is CCCCN1C(=O)/C(=C\c2cc(-c3cccs3)nn2-c2ccccc2)SC1=S. The molecule has 1 aliphatic rings. The molecule has 0 aliphatic carbocycles. The molecular weight excluding hydrogens is 406 g/mol. The van der Waals surface area contributed by atoms with Crippen molar-refractivity contribution in [3.8, 4) is 16.3 Å². The molecule has 1 saturated heterocycles. The number of benzene rings is 1. The fourth-order valence-corrected chi connectivity index (χ4v) is 4.94. The van der Waals surface area contributed by atoms with E-state index in [1.807, 2.05) is 58.6 Å². The summed E-state index contributed by atoms with van der Waals surface area (Å²) >= 11 is 8.44. The maximum absolute atomic E-state index is 12.8. The number of hydrogen-bond acceptors (Lipinski definition) is 5. The van der Waals surface area contributed by atoms with Gasteiger partial charge in [0.15, 0.2) is 0 Å². The lowest BCUT2D eigenvalue weighted by atomic mass is 10.2. The van der Waals surface area contributed by atoms with Crippen LogP contribution in [0.2, 0.25) is 0 Å². The Balaban J connectivity index is 1.74. The zero-order chi connectivity index (χ0) is 19.5. The molecule has 1 aliphatic heterocycles. The van der Waals surface area contributed by atoms with E-state index < -0.39 is 0 Å². The van der Waals surface area contributed by atoms with Crippen molar-refractivity contribution in [2.24, 2.45) is 0 Å². The van der Waals surface area contributed by atoms with Gasteiger partial charge >= 0.3 is 0 Å². The molecule has 0 saturated carbocycles. The van der Waals surface area contributed by atoms with Gasteiger partial charge in [0.2, 0.25) is 0 Å². The van der Waals surface area contributed by atoms with Crippen LogP contribution in [0.25, 0.3) is 22.3 Å². The second-order valence-electron chi connectivity index (χ2n) is 6.37. The van der Waals surface area contributed by atoms with Crippen molar-refractivity contribution in [2.75, 3.05) is 6.54 Å². The van der Waals surface area contributed by atoms with E-state index in [9.17, 15) is 4.79 Å². The summed E-state index contributed by atoms with van der Waals surface area (Å²) in [5.41, 5.74) is 2.72. The normalized spacial score (nSPS) is 15.8. The Morgan fingerprint density at radius 2 is 2.00 bits per heavy atom. The quantitative estimate of drug-likeness (QED) is 0.380. The molecule has 2 aromatic heterocycles. The fourth-order valence-electron chi connectivity index (χ4n) is 2.96. The number of nitrogens with zero attached hydrogens (tertiary/aromatic N) is 3. The van der Waals surface area contributed by atoms with Crippen LogP contribution in [0.3, 0.4) is 0 Å². The second-order valence-corrected chi connectivity index (χ2v) is 8.99. The summed E-state index contributed by atoms with van der Waals surface area (Å²) in [6.07, 6.45) is 3.88. The van der Waals surface area contributed by atoms with Crippen LogP contribution in [0.15, 0.2) is 58.8 Å². The molecule has 0 radical (unpaired) electrons. The van der Waals surface area contributed by atoms with Crippen LogP contribution in [0, 0.1) is 0 Å². The van der Waals surface area contributed by atoms with Gasteiger partial charge in [-0.3, -0.25) is 9.69 Å². The zero-order valence-electron chi connectivity index (χ0n) is 15.4. The first kappa shape index (κ1) is 19.1. The molecule has 0 N–H and O–H groups in total. The number of para-hydroxylation sites is 1. The van der Waals surface area contributed by atoms with E-state index in [0.717, 1.165) is 34.8 Å². The molecule has 3 aromatic rings. The highest BCUT2D eigenvalue weighted by Crippen LogP contribution is 2.34. The van der Waals surface area contributed by atoms with Crippen molar-refractivity contribution in [3.63, 3.8) is 0 Å². The van der Waals surface area contributed by atoms with Crippen LogP contribution in [0.5, 0.6) is 0 Å². The second kappa shape index (κ2) is 8.43. The minimum absolute atomic E-state index is 0.0121. The van der Waals surface area contributed by atoms with Crippen LogP contribution < -0.4 is 0 Å². The number of thioether (sulfide) groups is 1. The average molecular weight is 426 g/mol. The molecule has 0 atom stereocenters. The summed E-state index contributed by atoms with van der Waals surface area (Å²) < 4.78 is 2.52. The zero-order valence-corrected chi connectivity index (χ0v) is 17.8. The third-order valence-electron chi connectivity index (χ3n) is 4.40. The van der Waals surface area contributed by atoms with Crippen LogP contribution in [0.1, 0.15) is 25.5 Å². The molecule has 0 bridgehead atoms. The summed E-state index contributed by atoms with van der Waals surface area (Å²) in [5.74, 6) is -0.0121. The largest absolute Gasteiger partial charge is 0.293 e.